The maximum atomic E-state index is 12.1. The van der Waals surface area contributed by atoms with Crippen molar-refractivity contribution in [1.82, 2.24) is 14.7 Å². The molecule has 0 aliphatic carbocycles. The highest BCUT2D eigenvalue weighted by Gasteiger charge is 2.25. The number of aromatic nitrogens is 2. The number of rotatable bonds is 5. The smallest absolute Gasteiger partial charge is 0.308 e. The maximum Gasteiger partial charge on any atom is 0.308 e. The molecule has 2 rings (SSSR count). The number of nitrogens with zero attached hydrogens (tertiary/aromatic N) is 3. The number of hydrogen-bond donors (Lipinski definition) is 0. The lowest BCUT2D eigenvalue weighted by molar-refractivity contribution is -0.161. The van der Waals surface area contributed by atoms with Crippen molar-refractivity contribution >= 4 is 11.9 Å². The molecule has 1 saturated heterocycles. The van der Waals surface area contributed by atoms with Crippen LogP contribution in [0, 0.1) is 13.8 Å². The van der Waals surface area contributed by atoms with Crippen molar-refractivity contribution in [2.45, 2.75) is 39.8 Å². The average molecular weight is 309 g/mol. The highest BCUT2D eigenvalue weighted by molar-refractivity contribution is 5.83. The molecule has 2 heterocycles. The van der Waals surface area contributed by atoms with E-state index in [1.807, 2.05) is 19.9 Å². The molecule has 0 radical (unpaired) electrons. The molecular weight excluding hydrogens is 286 g/mol. The first kappa shape index (κ1) is 16.5. The minimum Gasteiger partial charge on any atom is -0.452 e. The molecule has 22 heavy (non-hydrogen) atoms. The van der Waals surface area contributed by atoms with Gasteiger partial charge in [-0.3, -0.25) is 14.3 Å². The zero-order chi connectivity index (χ0) is 16.1. The number of aryl methyl sites for hydroxylation is 3. The third-order valence-electron chi connectivity index (χ3n) is 3.61. The fourth-order valence-electron chi connectivity index (χ4n) is 2.45. The zero-order valence-corrected chi connectivity index (χ0v) is 13.4. The number of carbonyl (C=O) groups is 2. The second-order valence-electron chi connectivity index (χ2n) is 5.47. The molecule has 1 amide bonds. The van der Waals surface area contributed by atoms with Gasteiger partial charge in [0.1, 0.15) is 0 Å². The maximum absolute atomic E-state index is 12.1. The van der Waals surface area contributed by atoms with Crippen LogP contribution >= 0.6 is 0 Å². The molecule has 7 nitrogen and oxygen atoms in total. The molecule has 0 aromatic carbocycles. The Balaban J connectivity index is 1.78. The molecule has 0 spiro atoms. The molecule has 0 bridgehead atoms. The lowest BCUT2D eigenvalue weighted by Gasteiger charge is -2.28. The number of ether oxygens (including phenoxy) is 2. The van der Waals surface area contributed by atoms with E-state index in [0.717, 1.165) is 11.4 Å². The van der Waals surface area contributed by atoms with Gasteiger partial charge in [-0.05, 0) is 26.8 Å². The van der Waals surface area contributed by atoms with Crippen molar-refractivity contribution < 1.29 is 19.1 Å². The van der Waals surface area contributed by atoms with Gasteiger partial charge in [-0.15, -0.1) is 0 Å². The number of carbonyl (C=O) groups excluding carboxylic acids is 2. The number of hydrogen-bond acceptors (Lipinski definition) is 5. The van der Waals surface area contributed by atoms with Crippen molar-refractivity contribution in [3.8, 4) is 0 Å². The number of esters is 1. The summed E-state index contributed by atoms with van der Waals surface area (Å²) >= 11 is 0. The second-order valence-corrected chi connectivity index (χ2v) is 5.47. The van der Waals surface area contributed by atoms with Gasteiger partial charge in [0.25, 0.3) is 5.91 Å². The van der Waals surface area contributed by atoms with Crippen molar-refractivity contribution in [2.24, 2.45) is 0 Å². The van der Waals surface area contributed by atoms with E-state index in [2.05, 4.69) is 5.10 Å². The van der Waals surface area contributed by atoms with Crippen LogP contribution in [-0.4, -0.2) is 59.0 Å². The van der Waals surface area contributed by atoms with Gasteiger partial charge in [0.2, 0.25) is 0 Å². The lowest BCUT2D eigenvalue weighted by atomic mass is 10.3. The topological polar surface area (TPSA) is 73.7 Å². The first-order valence-electron chi connectivity index (χ1n) is 7.54. The molecule has 1 aliphatic rings. The van der Waals surface area contributed by atoms with Crippen molar-refractivity contribution in [1.29, 1.82) is 0 Å². The van der Waals surface area contributed by atoms with E-state index in [-0.39, 0.29) is 18.3 Å². The molecule has 0 saturated carbocycles. The minimum atomic E-state index is -0.758. The molecule has 1 aliphatic heterocycles. The van der Waals surface area contributed by atoms with Crippen LogP contribution in [-0.2, 0) is 25.6 Å². The van der Waals surface area contributed by atoms with Crippen LogP contribution in [0.3, 0.4) is 0 Å². The van der Waals surface area contributed by atoms with Gasteiger partial charge >= 0.3 is 5.97 Å². The molecule has 7 heteroatoms. The van der Waals surface area contributed by atoms with Gasteiger partial charge < -0.3 is 14.4 Å². The Labute approximate surface area is 130 Å². The molecule has 1 fully saturated rings. The normalized spacial score (nSPS) is 16.4. The summed E-state index contributed by atoms with van der Waals surface area (Å²) in [6.45, 7) is 8.07. The minimum absolute atomic E-state index is 0.164. The molecule has 1 unspecified atom stereocenters. The summed E-state index contributed by atoms with van der Waals surface area (Å²) in [5.41, 5.74) is 1.92. The van der Waals surface area contributed by atoms with Crippen LogP contribution in [0.15, 0.2) is 6.07 Å². The second kappa shape index (κ2) is 7.40. The molecule has 1 aromatic rings. The SMILES string of the molecule is Cc1cc(C)n(CCC(=O)OC(C)C(=O)N2CCOCC2)n1. The zero-order valence-electron chi connectivity index (χ0n) is 13.4. The molecule has 0 N–H and O–H groups in total. The third kappa shape index (κ3) is 4.30. The van der Waals surface area contributed by atoms with E-state index in [1.165, 1.54) is 0 Å². The van der Waals surface area contributed by atoms with Crippen LogP contribution in [0.4, 0.5) is 0 Å². The van der Waals surface area contributed by atoms with Crippen LogP contribution in [0.25, 0.3) is 0 Å². The van der Waals surface area contributed by atoms with Gasteiger partial charge in [0.05, 0.1) is 31.9 Å². The quantitative estimate of drug-likeness (QED) is 0.748. The Bertz CT molecular complexity index is 535. The van der Waals surface area contributed by atoms with E-state index in [4.69, 9.17) is 9.47 Å². The summed E-state index contributed by atoms with van der Waals surface area (Å²) in [7, 11) is 0. The molecule has 122 valence electrons. The summed E-state index contributed by atoms with van der Waals surface area (Å²) in [5.74, 6) is -0.551. The van der Waals surface area contributed by atoms with Crippen molar-refractivity contribution in [2.75, 3.05) is 26.3 Å². The molecular formula is C15H23N3O4. The van der Waals surface area contributed by atoms with Crippen LogP contribution in [0.1, 0.15) is 24.7 Å². The summed E-state index contributed by atoms with van der Waals surface area (Å²) in [6.07, 6.45) is -0.561. The Hall–Kier alpha value is -1.89. The fraction of sp³-hybridized carbons (Fsp3) is 0.667. The highest BCUT2D eigenvalue weighted by Crippen LogP contribution is 2.07. The number of amides is 1. The monoisotopic (exact) mass is 309 g/mol. The van der Waals surface area contributed by atoms with Crippen LogP contribution in [0.5, 0.6) is 0 Å². The summed E-state index contributed by atoms with van der Waals surface area (Å²) < 4.78 is 12.2. The largest absolute Gasteiger partial charge is 0.452 e. The highest BCUT2D eigenvalue weighted by atomic mass is 16.5. The average Bonchev–Trinajstić information content (AvgIpc) is 2.83. The predicted molar refractivity (Wildman–Crippen MR) is 79.3 cm³/mol. The Morgan fingerprint density at radius 2 is 2.05 bits per heavy atom. The first-order valence-corrected chi connectivity index (χ1v) is 7.54. The van der Waals surface area contributed by atoms with Crippen molar-refractivity contribution in [3.63, 3.8) is 0 Å². The van der Waals surface area contributed by atoms with Crippen LogP contribution < -0.4 is 0 Å². The predicted octanol–water partition coefficient (Wildman–Crippen LogP) is 0.681. The van der Waals surface area contributed by atoms with E-state index in [0.29, 0.717) is 32.8 Å². The van der Waals surface area contributed by atoms with Gasteiger partial charge in [-0.25, -0.2) is 0 Å². The molecule has 1 aromatic heterocycles. The lowest BCUT2D eigenvalue weighted by Crippen LogP contribution is -2.46. The van der Waals surface area contributed by atoms with E-state index in [1.54, 1.807) is 16.5 Å². The van der Waals surface area contributed by atoms with Gasteiger partial charge in [0.15, 0.2) is 6.10 Å². The van der Waals surface area contributed by atoms with Crippen molar-refractivity contribution in [3.05, 3.63) is 17.5 Å². The molecule has 1 atom stereocenters. The Morgan fingerprint density at radius 3 is 2.64 bits per heavy atom. The van der Waals surface area contributed by atoms with Gasteiger partial charge in [-0.1, -0.05) is 0 Å². The Kier molecular flexibility index (Phi) is 5.54. The van der Waals surface area contributed by atoms with E-state index < -0.39 is 6.10 Å². The summed E-state index contributed by atoms with van der Waals surface area (Å²) in [5, 5.41) is 4.29. The summed E-state index contributed by atoms with van der Waals surface area (Å²) in [4.78, 5) is 25.7. The third-order valence-corrected chi connectivity index (χ3v) is 3.61. The summed E-state index contributed by atoms with van der Waals surface area (Å²) in [6, 6.07) is 1.95. The standard InChI is InChI=1S/C15H23N3O4/c1-11-10-12(2)18(16-11)5-4-14(19)22-13(3)15(20)17-6-8-21-9-7-17/h10,13H,4-9H2,1-3H3. The van der Waals surface area contributed by atoms with Gasteiger partial charge in [-0.2, -0.15) is 5.10 Å². The fourth-order valence-corrected chi connectivity index (χ4v) is 2.45. The Morgan fingerprint density at radius 1 is 1.36 bits per heavy atom. The first-order chi connectivity index (χ1) is 10.5. The number of morpholine rings is 1. The van der Waals surface area contributed by atoms with Gasteiger partial charge in [0, 0.05) is 18.8 Å². The van der Waals surface area contributed by atoms with Crippen LogP contribution in [0.2, 0.25) is 0 Å². The van der Waals surface area contributed by atoms with E-state index in [9.17, 15) is 9.59 Å². The van der Waals surface area contributed by atoms with E-state index >= 15 is 0 Å².